The summed E-state index contributed by atoms with van der Waals surface area (Å²) in [7, 11) is 0. The van der Waals surface area contributed by atoms with Crippen LogP contribution in [0.25, 0.3) is 5.65 Å². The first-order valence-electron chi connectivity index (χ1n) is 4.90. The SMILES string of the molecule is c1ccn2c3c(nc2c1)CCCC3. The normalized spacial score (nSPS) is 16.0. The fourth-order valence-electron chi connectivity index (χ4n) is 2.15. The molecule has 66 valence electrons. The van der Waals surface area contributed by atoms with Gasteiger partial charge in [0.15, 0.2) is 0 Å². The Labute approximate surface area is 77.2 Å². The molecule has 0 saturated carbocycles. The summed E-state index contributed by atoms with van der Waals surface area (Å²) in [5.74, 6) is 0. The van der Waals surface area contributed by atoms with Gasteiger partial charge in [0.2, 0.25) is 0 Å². The summed E-state index contributed by atoms with van der Waals surface area (Å²) in [6.45, 7) is 0. The van der Waals surface area contributed by atoms with Crippen molar-refractivity contribution in [3.8, 4) is 0 Å². The molecule has 0 saturated heterocycles. The highest BCUT2D eigenvalue weighted by atomic mass is 15.0. The van der Waals surface area contributed by atoms with Crippen molar-refractivity contribution in [3.63, 3.8) is 0 Å². The number of hydrogen-bond donors (Lipinski definition) is 0. The van der Waals surface area contributed by atoms with E-state index in [1.54, 1.807) is 0 Å². The van der Waals surface area contributed by atoms with E-state index < -0.39 is 0 Å². The number of nitrogens with zero attached hydrogens (tertiary/aromatic N) is 2. The molecule has 2 nitrogen and oxygen atoms in total. The van der Waals surface area contributed by atoms with Crippen LogP contribution in [-0.4, -0.2) is 9.38 Å². The van der Waals surface area contributed by atoms with E-state index in [4.69, 9.17) is 0 Å². The van der Waals surface area contributed by atoms with Gasteiger partial charge in [-0.2, -0.15) is 0 Å². The smallest absolute Gasteiger partial charge is 0.137 e. The summed E-state index contributed by atoms with van der Waals surface area (Å²) in [4.78, 5) is 4.62. The minimum Gasteiger partial charge on any atom is -0.304 e. The van der Waals surface area contributed by atoms with Gasteiger partial charge in [-0.05, 0) is 37.8 Å². The Hall–Kier alpha value is -1.31. The Balaban J connectivity index is 2.34. The molecule has 2 heteroatoms. The molecule has 0 N–H and O–H groups in total. The van der Waals surface area contributed by atoms with Gasteiger partial charge in [-0.3, -0.25) is 0 Å². The lowest BCUT2D eigenvalue weighted by Crippen LogP contribution is -2.03. The topological polar surface area (TPSA) is 17.3 Å². The maximum atomic E-state index is 4.62. The van der Waals surface area contributed by atoms with Gasteiger partial charge in [-0.25, -0.2) is 4.98 Å². The average Bonchev–Trinajstić information content (AvgIpc) is 2.56. The summed E-state index contributed by atoms with van der Waals surface area (Å²) in [6.07, 6.45) is 7.09. The Morgan fingerprint density at radius 3 is 3.08 bits per heavy atom. The zero-order valence-electron chi connectivity index (χ0n) is 7.53. The summed E-state index contributed by atoms with van der Waals surface area (Å²) in [6, 6.07) is 6.20. The quantitative estimate of drug-likeness (QED) is 0.595. The third kappa shape index (κ3) is 0.981. The van der Waals surface area contributed by atoms with Crippen molar-refractivity contribution in [1.82, 2.24) is 9.38 Å². The number of fused-ring (bicyclic) bond motifs is 3. The maximum Gasteiger partial charge on any atom is 0.137 e. The summed E-state index contributed by atoms with van der Waals surface area (Å²) < 4.78 is 2.23. The highest BCUT2D eigenvalue weighted by molar-refractivity contribution is 5.43. The van der Waals surface area contributed by atoms with Crippen molar-refractivity contribution in [2.75, 3.05) is 0 Å². The number of hydrogen-bond acceptors (Lipinski definition) is 1. The molecule has 0 unspecified atom stereocenters. The molecule has 0 radical (unpaired) electrons. The average molecular weight is 172 g/mol. The van der Waals surface area contributed by atoms with Crippen LogP contribution in [0.4, 0.5) is 0 Å². The molecule has 2 heterocycles. The Morgan fingerprint density at radius 1 is 1.15 bits per heavy atom. The van der Waals surface area contributed by atoms with Crippen LogP contribution in [0.5, 0.6) is 0 Å². The molecule has 0 aromatic carbocycles. The minimum absolute atomic E-state index is 1.11. The highest BCUT2D eigenvalue weighted by Gasteiger charge is 2.14. The second kappa shape index (κ2) is 2.59. The number of rotatable bonds is 0. The molecule has 0 spiro atoms. The van der Waals surface area contributed by atoms with Crippen molar-refractivity contribution in [3.05, 3.63) is 35.8 Å². The molecular weight excluding hydrogens is 160 g/mol. The molecule has 0 fully saturated rings. The second-order valence-electron chi connectivity index (χ2n) is 3.64. The first-order valence-corrected chi connectivity index (χ1v) is 4.90. The van der Waals surface area contributed by atoms with Gasteiger partial charge >= 0.3 is 0 Å². The van der Waals surface area contributed by atoms with Crippen molar-refractivity contribution >= 4 is 5.65 Å². The zero-order chi connectivity index (χ0) is 8.67. The lowest BCUT2D eigenvalue weighted by Gasteiger charge is -2.09. The van der Waals surface area contributed by atoms with E-state index in [9.17, 15) is 0 Å². The summed E-state index contributed by atoms with van der Waals surface area (Å²) >= 11 is 0. The first kappa shape index (κ1) is 7.13. The van der Waals surface area contributed by atoms with Crippen molar-refractivity contribution in [2.45, 2.75) is 25.7 Å². The van der Waals surface area contributed by atoms with Crippen LogP contribution in [0, 0.1) is 0 Å². The van der Waals surface area contributed by atoms with Crippen molar-refractivity contribution in [1.29, 1.82) is 0 Å². The molecule has 2 aromatic rings. The monoisotopic (exact) mass is 172 g/mol. The Bertz CT molecular complexity index is 442. The molecule has 0 atom stereocenters. The van der Waals surface area contributed by atoms with E-state index in [0.717, 1.165) is 12.1 Å². The van der Waals surface area contributed by atoms with Gasteiger partial charge in [0.05, 0.1) is 5.69 Å². The molecule has 0 bridgehead atoms. The summed E-state index contributed by atoms with van der Waals surface area (Å²) in [5, 5.41) is 0. The van der Waals surface area contributed by atoms with E-state index in [1.807, 2.05) is 6.07 Å². The van der Waals surface area contributed by atoms with E-state index in [2.05, 4.69) is 27.7 Å². The van der Waals surface area contributed by atoms with Gasteiger partial charge in [0, 0.05) is 11.9 Å². The number of aromatic nitrogens is 2. The lowest BCUT2D eigenvalue weighted by atomic mass is 10.0. The number of pyridine rings is 1. The number of aryl methyl sites for hydroxylation is 2. The van der Waals surface area contributed by atoms with Crippen LogP contribution in [0.2, 0.25) is 0 Å². The molecule has 3 rings (SSSR count). The van der Waals surface area contributed by atoms with Crippen molar-refractivity contribution in [2.24, 2.45) is 0 Å². The predicted octanol–water partition coefficient (Wildman–Crippen LogP) is 2.21. The van der Waals surface area contributed by atoms with Gasteiger partial charge in [-0.15, -0.1) is 0 Å². The van der Waals surface area contributed by atoms with E-state index in [-0.39, 0.29) is 0 Å². The molecule has 1 aliphatic rings. The standard InChI is InChI=1S/C11H12N2/c1-2-6-10-9(5-1)12-11-7-3-4-8-13(10)11/h3-4,7-8H,1-2,5-6H2. The molecule has 1 aliphatic carbocycles. The van der Waals surface area contributed by atoms with Crippen LogP contribution < -0.4 is 0 Å². The first-order chi connectivity index (χ1) is 6.45. The third-order valence-electron chi connectivity index (χ3n) is 2.79. The van der Waals surface area contributed by atoms with Crippen LogP contribution in [0.1, 0.15) is 24.2 Å². The van der Waals surface area contributed by atoms with Crippen LogP contribution in [-0.2, 0) is 12.8 Å². The van der Waals surface area contributed by atoms with Gasteiger partial charge < -0.3 is 4.40 Å². The van der Waals surface area contributed by atoms with Gasteiger partial charge in [0.25, 0.3) is 0 Å². The van der Waals surface area contributed by atoms with E-state index in [1.165, 1.54) is 30.7 Å². The van der Waals surface area contributed by atoms with E-state index in [0.29, 0.717) is 0 Å². The highest BCUT2D eigenvalue weighted by Crippen LogP contribution is 2.21. The fraction of sp³-hybridized carbons (Fsp3) is 0.364. The van der Waals surface area contributed by atoms with Crippen molar-refractivity contribution < 1.29 is 0 Å². The third-order valence-corrected chi connectivity index (χ3v) is 2.79. The minimum atomic E-state index is 1.11. The van der Waals surface area contributed by atoms with Crippen LogP contribution in [0.15, 0.2) is 24.4 Å². The predicted molar refractivity (Wildman–Crippen MR) is 51.8 cm³/mol. The van der Waals surface area contributed by atoms with Crippen LogP contribution in [0.3, 0.4) is 0 Å². The van der Waals surface area contributed by atoms with Crippen LogP contribution >= 0.6 is 0 Å². The Kier molecular flexibility index (Phi) is 1.42. The zero-order valence-corrected chi connectivity index (χ0v) is 7.53. The van der Waals surface area contributed by atoms with Gasteiger partial charge in [-0.1, -0.05) is 6.07 Å². The van der Waals surface area contributed by atoms with Gasteiger partial charge in [0.1, 0.15) is 5.65 Å². The summed E-state index contributed by atoms with van der Waals surface area (Å²) in [5.41, 5.74) is 3.86. The maximum absolute atomic E-state index is 4.62. The fourth-order valence-corrected chi connectivity index (χ4v) is 2.15. The van der Waals surface area contributed by atoms with E-state index >= 15 is 0 Å². The lowest BCUT2D eigenvalue weighted by molar-refractivity contribution is 0.660. The number of imidazole rings is 1. The molecular formula is C11H12N2. The molecule has 13 heavy (non-hydrogen) atoms. The Morgan fingerprint density at radius 2 is 2.08 bits per heavy atom. The molecule has 0 aliphatic heterocycles. The second-order valence-corrected chi connectivity index (χ2v) is 3.64. The molecule has 0 amide bonds. The molecule has 2 aromatic heterocycles. The largest absolute Gasteiger partial charge is 0.304 e.